The maximum atomic E-state index is 12.9. The molecular formula is C22H18OS2. The van der Waals surface area contributed by atoms with Crippen LogP contribution in [0.5, 0.6) is 0 Å². The van der Waals surface area contributed by atoms with E-state index in [-0.39, 0.29) is 16.4 Å². The molecule has 0 saturated heterocycles. The highest BCUT2D eigenvalue weighted by molar-refractivity contribution is 8.03. The molecule has 3 aromatic rings. The smallest absolute Gasteiger partial charge is 0.160 e. The maximum Gasteiger partial charge on any atom is 0.160 e. The summed E-state index contributed by atoms with van der Waals surface area (Å²) in [5, 5.41) is -0.0166. The summed E-state index contributed by atoms with van der Waals surface area (Å²) in [6, 6.07) is 30.9. The van der Waals surface area contributed by atoms with Gasteiger partial charge in [-0.15, -0.1) is 23.5 Å². The summed E-state index contributed by atoms with van der Waals surface area (Å²) < 4.78 is 0. The quantitative estimate of drug-likeness (QED) is 0.582. The molecule has 0 heterocycles. The first kappa shape index (κ1) is 16.5. The lowest BCUT2D eigenvalue weighted by molar-refractivity contribution is -0.123. The number of hydrogen-bond donors (Lipinski definition) is 0. The molecule has 1 saturated carbocycles. The fourth-order valence-corrected chi connectivity index (χ4v) is 5.98. The fraction of sp³-hybridized carbons (Fsp3) is 0.136. The normalized spacial score (nSPS) is 22.4. The first-order chi connectivity index (χ1) is 12.3. The van der Waals surface area contributed by atoms with Crippen LogP contribution in [0.3, 0.4) is 0 Å². The van der Waals surface area contributed by atoms with Crippen molar-refractivity contribution in [3.05, 3.63) is 96.6 Å². The monoisotopic (exact) mass is 362 g/mol. The Morgan fingerprint density at radius 1 is 0.560 bits per heavy atom. The molecule has 25 heavy (non-hydrogen) atoms. The predicted molar refractivity (Wildman–Crippen MR) is 106 cm³/mol. The molecule has 1 aliphatic carbocycles. The zero-order valence-electron chi connectivity index (χ0n) is 13.6. The number of hydrogen-bond acceptors (Lipinski definition) is 3. The van der Waals surface area contributed by atoms with E-state index >= 15 is 0 Å². The molecule has 4 rings (SSSR count). The van der Waals surface area contributed by atoms with E-state index in [1.54, 1.807) is 23.5 Å². The van der Waals surface area contributed by atoms with Gasteiger partial charge in [0.1, 0.15) is 0 Å². The number of thioether (sulfide) groups is 2. The van der Waals surface area contributed by atoms with Crippen molar-refractivity contribution in [2.45, 2.75) is 26.2 Å². The lowest BCUT2D eigenvalue weighted by Crippen LogP contribution is -2.50. The van der Waals surface area contributed by atoms with Crippen molar-refractivity contribution in [3.8, 4) is 0 Å². The van der Waals surface area contributed by atoms with Gasteiger partial charge in [0.25, 0.3) is 0 Å². The Morgan fingerprint density at radius 2 is 0.960 bits per heavy atom. The average molecular weight is 363 g/mol. The van der Waals surface area contributed by atoms with Crippen molar-refractivity contribution >= 4 is 29.3 Å². The van der Waals surface area contributed by atoms with E-state index in [1.165, 1.54) is 5.56 Å². The maximum absolute atomic E-state index is 12.9. The third kappa shape index (κ3) is 3.53. The SMILES string of the molecule is O=C1C(Sc2ccccc2)C(c2ccccc2)C1Sc1ccccc1. The Balaban J connectivity index is 1.60. The van der Waals surface area contributed by atoms with Gasteiger partial charge < -0.3 is 0 Å². The molecule has 1 aliphatic rings. The molecule has 0 radical (unpaired) electrons. The first-order valence-corrected chi connectivity index (χ1v) is 10.1. The Kier molecular flexibility index (Phi) is 4.95. The van der Waals surface area contributed by atoms with Crippen LogP contribution < -0.4 is 0 Å². The van der Waals surface area contributed by atoms with Crippen LogP contribution in [0, 0.1) is 0 Å². The lowest BCUT2D eigenvalue weighted by atomic mass is 9.77. The number of ketones is 1. The minimum atomic E-state index is -0.00832. The Labute approximate surface area is 156 Å². The predicted octanol–water partition coefficient (Wildman–Crippen LogP) is 5.67. The number of Topliss-reactive ketones (excluding diaryl/α,β-unsaturated/α-hetero) is 1. The second kappa shape index (κ2) is 7.51. The molecule has 0 amide bonds. The molecule has 1 nitrogen and oxygen atoms in total. The fourth-order valence-electron chi connectivity index (χ4n) is 3.13. The summed E-state index contributed by atoms with van der Waals surface area (Å²) in [6.07, 6.45) is 0. The second-order valence-corrected chi connectivity index (χ2v) is 8.47. The molecule has 0 aromatic heterocycles. The molecule has 0 aliphatic heterocycles. The average Bonchev–Trinajstić information content (AvgIpc) is 2.69. The number of carbonyl (C=O) groups excluding carboxylic acids is 1. The van der Waals surface area contributed by atoms with Crippen LogP contribution in [0.2, 0.25) is 0 Å². The molecule has 3 aromatic carbocycles. The van der Waals surface area contributed by atoms with E-state index in [4.69, 9.17) is 0 Å². The molecule has 124 valence electrons. The molecule has 1 fully saturated rings. The van der Waals surface area contributed by atoms with Crippen LogP contribution in [0.25, 0.3) is 0 Å². The van der Waals surface area contributed by atoms with Crippen molar-refractivity contribution < 1.29 is 4.79 Å². The van der Waals surface area contributed by atoms with Gasteiger partial charge in [-0.05, 0) is 29.8 Å². The Morgan fingerprint density at radius 3 is 1.40 bits per heavy atom. The van der Waals surface area contributed by atoms with Gasteiger partial charge in [0.05, 0.1) is 10.5 Å². The van der Waals surface area contributed by atoms with Crippen LogP contribution in [0.15, 0.2) is 101 Å². The lowest BCUT2D eigenvalue weighted by Gasteiger charge is -2.42. The van der Waals surface area contributed by atoms with E-state index in [9.17, 15) is 4.79 Å². The minimum Gasteiger partial charge on any atom is -0.297 e. The van der Waals surface area contributed by atoms with Crippen molar-refractivity contribution in [3.63, 3.8) is 0 Å². The van der Waals surface area contributed by atoms with Crippen molar-refractivity contribution in [1.82, 2.24) is 0 Å². The van der Waals surface area contributed by atoms with Gasteiger partial charge in [-0.3, -0.25) is 4.79 Å². The molecule has 2 atom stereocenters. The van der Waals surface area contributed by atoms with Crippen LogP contribution in [0.1, 0.15) is 11.5 Å². The molecule has 0 bridgehead atoms. The van der Waals surface area contributed by atoms with Crippen LogP contribution in [0.4, 0.5) is 0 Å². The third-order valence-corrected chi connectivity index (χ3v) is 7.06. The highest BCUT2D eigenvalue weighted by Gasteiger charge is 2.51. The minimum absolute atomic E-state index is 0.00832. The highest BCUT2D eigenvalue weighted by atomic mass is 32.2. The first-order valence-electron chi connectivity index (χ1n) is 8.35. The van der Waals surface area contributed by atoms with Gasteiger partial charge in [-0.2, -0.15) is 0 Å². The summed E-state index contributed by atoms with van der Waals surface area (Å²) in [5.41, 5.74) is 1.25. The molecular weight excluding hydrogens is 344 g/mol. The van der Waals surface area contributed by atoms with Gasteiger partial charge in [0, 0.05) is 15.7 Å². The largest absolute Gasteiger partial charge is 0.297 e. The highest BCUT2D eigenvalue weighted by Crippen LogP contribution is 2.51. The van der Waals surface area contributed by atoms with Crippen molar-refractivity contribution in [2.24, 2.45) is 0 Å². The summed E-state index contributed by atoms with van der Waals surface area (Å²) in [7, 11) is 0. The third-order valence-electron chi connectivity index (χ3n) is 4.41. The standard InChI is InChI=1S/C22H18OS2/c23-20-21(24-17-12-6-2-7-13-17)19(16-10-4-1-5-11-16)22(20)25-18-14-8-3-9-15-18/h1-15,19,21-22H. The van der Waals surface area contributed by atoms with E-state index in [0.717, 1.165) is 9.79 Å². The topological polar surface area (TPSA) is 17.1 Å². The molecule has 0 spiro atoms. The molecule has 0 N–H and O–H groups in total. The van der Waals surface area contributed by atoms with Crippen LogP contribution in [-0.4, -0.2) is 16.3 Å². The van der Waals surface area contributed by atoms with Crippen molar-refractivity contribution in [2.75, 3.05) is 0 Å². The summed E-state index contributed by atoms with van der Waals surface area (Å²) >= 11 is 3.39. The van der Waals surface area contributed by atoms with Crippen LogP contribution >= 0.6 is 23.5 Å². The molecule has 2 unspecified atom stereocenters. The number of benzene rings is 3. The van der Waals surface area contributed by atoms with E-state index in [2.05, 4.69) is 48.5 Å². The Hall–Kier alpha value is -1.97. The Bertz CT molecular complexity index is 782. The van der Waals surface area contributed by atoms with Crippen LogP contribution in [-0.2, 0) is 4.79 Å². The summed E-state index contributed by atoms with van der Waals surface area (Å²) in [5.74, 6) is 0.584. The van der Waals surface area contributed by atoms with E-state index < -0.39 is 0 Å². The van der Waals surface area contributed by atoms with E-state index in [1.807, 2.05) is 42.5 Å². The van der Waals surface area contributed by atoms with Gasteiger partial charge in [0.2, 0.25) is 0 Å². The summed E-state index contributed by atoms with van der Waals surface area (Å²) in [4.78, 5) is 15.2. The zero-order chi connectivity index (χ0) is 17.1. The number of rotatable bonds is 5. The second-order valence-electron chi connectivity index (χ2n) is 6.04. The zero-order valence-corrected chi connectivity index (χ0v) is 15.3. The van der Waals surface area contributed by atoms with Gasteiger partial charge in [-0.25, -0.2) is 0 Å². The van der Waals surface area contributed by atoms with Gasteiger partial charge >= 0.3 is 0 Å². The van der Waals surface area contributed by atoms with Gasteiger partial charge in [-0.1, -0.05) is 66.7 Å². The summed E-state index contributed by atoms with van der Waals surface area (Å²) in [6.45, 7) is 0. The number of carbonyl (C=O) groups is 1. The molecule has 3 heteroatoms. The van der Waals surface area contributed by atoms with Crippen molar-refractivity contribution in [1.29, 1.82) is 0 Å². The van der Waals surface area contributed by atoms with E-state index in [0.29, 0.717) is 5.78 Å². The van der Waals surface area contributed by atoms with Gasteiger partial charge in [0.15, 0.2) is 5.78 Å².